The van der Waals surface area contributed by atoms with E-state index in [1.807, 2.05) is 12.1 Å². The van der Waals surface area contributed by atoms with Crippen molar-refractivity contribution < 1.29 is 17.9 Å². The summed E-state index contributed by atoms with van der Waals surface area (Å²) in [4.78, 5) is 0. The van der Waals surface area contributed by atoms with Crippen LogP contribution in [0, 0.1) is 5.41 Å². The van der Waals surface area contributed by atoms with Gasteiger partial charge in [-0.05, 0) is 12.1 Å². The monoisotopic (exact) mass is 292 g/mol. The van der Waals surface area contributed by atoms with Crippen molar-refractivity contribution in [3.63, 3.8) is 0 Å². The largest absolute Gasteiger partial charge is 0.493 e. The molecule has 0 spiro atoms. The molecule has 0 radical (unpaired) electrons. The highest BCUT2D eigenvalue weighted by Gasteiger charge is 2.26. The molecule has 4 nitrogen and oxygen atoms in total. The molecule has 0 amide bonds. The van der Waals surface area contributed by atoms with Gasteiger partial charge in [-0.2, -0.15) is 0 Å². The van der Waals surface area contributed by atoms with E-state index < -0.39 is 14.5 Å². The van der Waals surface area contributed by atoms with Crippen molar-refractivity contribution >= 4 is 19.7 Å². The topological polar surface area (TPSA) is 52.6 Å². The smallest absolute Gasteiger partial charge is 0.233 e. The minimum Gasteiger partial charge on any atom is -0.493 e. The van der Waals surface area contributed by atoms with E-state index in [9.17, 15) is 8.42 Å². The van der Waals surface area contributed by atoms with Crippen LogP contribution >= 0.6 is 10.7 Å². The molecule has 18 heavy (non-hydrogen) atoms. The van der Waals surface area contributed by atoms with Gasteiger partial charge < -0.3 is 9.47 Å². The fraction of sp³-hybridized carbons (Fsp3) is 0.500. The average molecular weight is 293 g/mol. The van der Waals surface area contributed by atoms with Crippen molar-refractivity contribution in [3.05, 3.63) is 24.3 Å². The summed E-state index contributed by atoms with van der Waals surface area (Å²) >= 11 is 0. The van der Waals surface area contributed by atoms with E-state index in [0.717, 1.165) is 0 Å². The molecular weight excluding hydrogens is 276 g/mol. The Morgan fingerprint density at radius 3 is 2.28 bits per heavy atom. The predicted octanol–water partition coefficient (Wildman–Crippen LogP) is 2.67. The molecule has 0 aromatic heterocycles. The third-order valence-electron chi connectivity index (χ3n) is 2.25. The van der Waals surface area contributed by atoms with Gasteiger partial charge in [-0.15, -0.1) is 0 Å². The molecule has 0 bridgehead atoms. The Kier molecular flexibility index (Phi) is 4.87. The van der Waals surface area contributed by atoms with Crippen LogP contribution in [0.3, 0.4) is 0 Å². The van der Waals surface area contributed by atoms with Crippen LogP contribution in [-0.2, 0) is 9.05 Å². The van der Waals surface area contributed by atoms with E-state index in [-0.39, 0.29) is 12.4 Å². The summed E-state index contributed by atoms with van der Waals surface area (Å²) in [6, 6.07) is 7.20. The molecule has 0 aliphatic carbocycles. The van der Waals surface area contributed by atoms with Crippen molar-refractivity contribution in [2.24, 2.45) is 5.41 Å². The van der Waals surface area contributed by atoms with Gasteiger partial charge in [0, 0.05) is 16.1 Å². The predicted molar refractivity (Wildman–Crippen MR) is 71.9 cm³/mol. The lowest BCUT2D eigenvalue weighted by Crippen LogP contribution is -2.28. The molecule has 0 saturated carbocycles. The maximum absolute atomic E-state index is 11.1. The number of methoxy groups -OCH3 is 1. The molecule has 0 unspecified atom stereocenters. The molecule has 0 atom stereocenters. The Morgan fingerprint density at radius 1 is 1.22 bits per heavy atom. The second kappa shape index (κ2) is 5.80. The summed E-state index contributed by atoms with van der Waals surface area (Å²) in [5.74, 6) is 1.05. The van der Waals surface area contributed by atoms with Crippen LogP contribution in [-0.4, -0.2) is 27.9 Å². The number of rotatable bonds is 6. The molecule has 0 N–H and O–H groups in total. The summed E-state index contributed by atoms with van der Waals surface area (Å²) in [5.41, 5.74) is -0.568. The van der Waals surface area contributed by atoms with Gasteiger partial charge in [0.05, 0.1) is 19.5 Å². The highest BCUT2D eigenvalue weighted by molar-refractivity contribution is 8.13. The van der Waals surface area contributed by atoms with Gasteiger partial charge in [-0.25, -0.2) is 8.42 Å². The summed E-state index contributed by atoms with van der Waals surface area (Å²) < 4.78 is 32.9. The van der Waals surface area contributed by atoms with Crippen molar-refractivity contribution in [3.8, 4) is 11.5 Å². The van der Waals surface area contributed by atoms with Gasteiger partial charge in [0.25, 0.3) is 0 Å². The van der Waals surface area contributed by atoms with Crippen LogP contribution in [0.2, 0.25) is 0 Å². The van der Waals surface area contributed by atoms with E-state index in [1.165, 1.54) is 0 Å². The molecule has 1 rings (SSSR count). The number of para-hydroxylation sites is 2. The lowest BCUT2D eigenvalue weighted by atomic mass is 9.98. The van der Waals surface area contributed by atoms with E-state index in [1.54, 1.807) is 33.1 Å². The SMILES string of the molecule is COc1ccccc1OCC(C)(C)CS(=O)(=O)Cl. The van der Waals surface area contributed by atoms with Gasteiger partial charge in [0.2, 0.25) is 9.05 Å². The second-order valence-electron chi connectivity index (χ2n) is 4.79. The molecule has 1 aromatic rings. The first kappa shape index (κ1) is 15.1. The molecule has 6 heteroatoms. The molecule has 0 fully saturated rings. The van der Waals surface area contributed by atoms with E-state index >= 15 is 0 Å². The first-order valence-corrected chi connectivity index (χ1v) is 7.89. The zero-order valence-corrected chi connectivity index (χ0v) is 12.2. The van der Waals surface area contributed by atoms with Gasteiger partial charge in [-0.3, -0.25) is 0 Å². The molecule has 102 valence electrons. The minimum absolute atomic E-state index is 0.142. The Hall–Kier alpha value is -0.940. The molecule has 0 heterocycles. The van der Waals surface area contributed by atoms with Crippen LogP contribution in [0.1, 0.15) is 13.8 Å². The number of halogens is 1. The lowest BCUT2D eigenvalue weighted by Gasteiger charge is -2.23. The number of benzene rings is 1. The van der Waals surface area contributed by atoms with Gasteiger partial charge in [0.15, 0.2) is 11.5 Å². The maximum Gasteiger partial charge on any atom is 0.233 e. The zero-order chi connectivity index (χ0) is 13.8. The molecule has 0 aliphatic heterocycles. The Labute approximate surface area is 112 Å². The van der Waals surface area contributed by atoms with E-state index in [4.69, 9.17) is 20.2 Å². The fourth-order valence-electron chi connectivity index (χ4n) is 1.52. The first-order valence-electron chi connectivity index (χ1n) is 5.42. The van der Waals surface area contributed by atoms with Crippen LogP contribution in [0.15, 0.2) is 24.3 Å². The Morgan fingerprint density at radius 2 is 1.78 bits per heavy atom. The van der Waals surface area contributed by atoms with Gasteiger partial charge >= 0.3 is 0 Å². The fourth-order valence-corrected chi connectivity index (χ4v) is 3.42. The van der Waals surface area contributed by atoms with Crippen LogP contribution in [0.4, 0.5) is 0 Å². The van der Waals surface area contributed by atoms with E-state index in [2.05, 4.69) is 0 Å². The van der Waals surface area contributed by atoms with Crippen LogP contribution < -0.4 is 9.47 Å². The first-order chi connectivity index (χ1) is 8.23. The van der Waals surface area contributed by atoms with E-state index in [0.29, 0.717) is 11.5 Å². The van der Waals surface area contributed by atoms with Crippen molar-refractivity contribution in [1.29, 1.82) is 0 Å². The quantitative estimate of drug-likeness (QED) is 0.757. The molecule has 1 aromatic carbocycles. The van der Waals surface area contributed by atoms with Crippen LogP contribution in [0.5, 0.6) is 11.5 Å². The van der Waals surface area contributed by atoms with Crippen molar-refractivity contribution in [1.82, 2.24) is 0 Å². The summed E-state index contributed by atoms with van der Waals surface area (Å²) in [7, 11) is 3.26. The summed E-state index contributed by atoms with van der Waals surface area (Å²) in [5, 5.41) is 0. The second-order valence-corrected chi connectivity index (χ2v) is 7.56. The molecule has 0 aliphatic rings. The third-order valence-corrected chi connectivity index (χ3v) is 3.70. The van der Waals surface area contributed by atoms with Crippen molar-refractivity contribution in [2.45, 2.75) is 13.8 Å². The normalized spacial score (nSPS) is 12.2. The van der Waals surface area contributed by atoms with Gasteiger partial charge in [-0.1, -0.05) is 26.0 Å². The van der Waals surface area contributed by atoms with Gasteiger partial charge in [0.1, 0.15) is 0 Å². The average Bonchev–Trinajstić information content (AvgIpc) is 2.23. The third kappa shape index (κ3) is 5.14. The molecule has 0 saturated heterocycles. The van der Waals surface area contributed by atoms with Crippen LogP contribution in [0.25, 0.3) is 0 Å². The number of ether oxygens (including phenoxy) is 2. The number of hydrogen-bond acceptors (Lipinski definition) is 4. The van der Waals surface area contributed by atoms with Crippen molar-refractivity contribution in [2.75, 3.05) is 19.5 Å². The highest BCUT2D eigenvalue weighted by atomic mass is 35.7. The highest BCUT2D eigenvalue weighted by Crippen LogP contribution is 2.28. The Balaban J connectivity index is 2.70. The lowest BCUT2D eigenvalue weighted by molar-refractivity contribution is 0.193. The maximum atomic E-state index is 11.1. The summed E-state index contributed by atoms with van der Waals surface area (Å²) in [6.45, 7) is 3.80. The number of hydrogen-bond donors (Lipinski definition) is 0. The Bertz CT molecular complexity index is 497. The summed E-state index contributed by atoms with van der Waals surface area (Å²) in [6.07, 6.45) is 0. The zero-order valence-electron chi connectivity index (χ0n) is 10.6. The molecular formula is C12H17ClO4S. The minimum atomic E-state index is -3.54. The standard InChI is InChI=1S/C12H17ClO4S/c1-12(2,9-18(13,14)15)8-17-11-7-5-4-6-10(11)16-3/h4-7H,8-9H2,1-3H3.